The van der Waals surface area contributed by atoms with Crippen LogP contribution in [0.2, 0.25) is 52.4 Å². The van der Waals surface area contributed by atoms with Gasteiger partial charge in [-0.05, 0) is 6.55 Å². The third kappa shape index (κ3) is 4.66. The summed E-state index contributed by atoms with van der Waals surface area (Å²) in [4.78, 5) is 0. The van der Waals surface area contributed by atoms with E-state index >= 15 is 0 Å². The minimum Gasteiger partial charge on any atom is -0.394 e. The molecule has 0 amide bonds. The van der Waals surface area contributed by atoms with Crippen molar-refractivity contribution in [3.63, 3.8) is 0 Å². The van der Waals surface area contributed by atoms with Gasteiger partial charge in [0.2, 0.25) is 0 Å². The molecular formula is C9H27O12Si8. The zero-order valence-corrected chi connectivity index (χ0v) is 25.9. The van der Waals surface area contributed by atoms with E-state index in [1.54, 1.807) is 45.8 Å². The molecule has 6 bridgehead atoms. The Morgan fingerprint density at radius 3 is 1.07 bits per heavy atom. The molecule has 4 heterocycles. The predicted octanol–water partition coefficient (Wildman–Crippen LogP) is 0.969. The van der Waals surface area contributed by atoms with Gasteiger partial charge in [0.25, 0.3) is 0 Å². The van der Waals surface area contributed by atoms with Gasteiger partial charge in [-0.25, -0.2) is 0 Å². The second kappa shape index (κ2) is 6.88. The Kier molecular flexibility index (Phi) is 5.56. The van der Waals surface area contributed by atoms with E-state index in [9.17, 15) is 0 Å². The molecule has 12 nitrogen and oxygen atoms in total. The van der Waals surface area contributed by atoms with Crippen molar-refractivity contribution in [3.8, 4) is 0 Å². The van der Waals surface area contributed by atoms with Crippen LogP contribution < -0.4 is 0 Å². The predicted molar refractivity (Wildman–Crippen MR) is 112 cm³/mol. The number of fused-ring (bicyclic) bond motifs is 4. The average Bonchev–Trinajstić information content (AvgIpc) is 2.36. The zero-order valence-electron chi connectivity index (χ0n) is 17.9. The molecule has 0 spiro atoms. The largest absolute Gasteiger partial charge is 0.482 e. The third-order valence-corrected chi connectivity index (χ3v) is 37.1. The van der Waals surface area contributed by atoms with Crippen LogP contribution in [0, 0.1) is 0 Å². The maximum absolute atomic E-state index is 6.43. The summed E-state index contributed by atoms with van der Waals surface area (Å²) in [5.41, 5.74) is 0. The van der Waals surface area contributed by atoms with E-state index in [1.165, 1.54) is 7.11 Å². The van der Waals surface area contributed by atoms with Crippen molar-refractivity contribution >= 4 is 70.9 Å². The van der Waals surface area contributed by atoms with Gasteiger partial charge in [0, 0.05) is 52.9 Å². The molecule has 4 atom stereocenters. The summed E-state index contributed by atoms with van der Waals surface area (Å²) in [5.74, 6) is 0. The Morgan fingerprint density at radius 1 is 0.483 bits per heavy atom. The summed E-state index contributed by atoms with van der Waals surface area (Å²) in [6, 6.07) is 0. The van der Waals surface area contributed by atoms with E-state index in [1.807, 2.05) is 6.55 Å². The van der Waals surface area contributed by atoms with Gasteiger partial charge in [-0.1, -0.05) is 0 Å². The molecule has 0 aromatic rings. The van der Waals surface area contributed by atoms with E-state index in [0.29, 0.717) is 0 Å². The highest BCUT2D eigenvalue weighted by molar-refractivity contribution is 6.98. The molecule has 4 fully saturated rings. The first-order valence-electron chi connectivity index (χ1n) is 9.10. The molecule has 4 saturated heterocycles. The second-order valence-corrected chi connectivity index (χ2v) is 30.3. The summed E-state index contributed by atoms with van der Waals surface area (Å²) in [6.07, 6.45) is 0. The lowest BCUT2D eigenvalue weighted by Crippen LogP contribution is -2.81. The van der Waals surface area contributed by atoms with E-state index in [-0.39, 0.29) is 0 Å². The van der Waals surface area contributed by atoms with Crippen LogP contribution >= 0.6 is 0 Å². The van der Waals surface area contributed by atoms with Crippen LogP contribution in [-0.2, 0) is 49.7 Å². The van der Waals surface area contributed by atoms with Gasteiger partial charge in [0.05, 0.1) is 0 Å². The van der Waals surface area contributed by atoms with Crippen molar-refractivity contribution in [1.29, 1.82) is 0 Å². The average molecular weight is 552 g/mol. The lowest BCUT2D eigenvalue weighted by molar-refractivity contribution is 0.0105. The Balaban J connectivity index is 1.93. The first-order chi connectivity index (χ1) is 13.0. The molecule has 0 aromatic carbocycles. The minimum atomic E-state index is -3.46. The Morgan fingerprint density at radius 2 is 0.759 bits per heavy atom. The Hall–Kier alpha value is 1.26. The summed E-state index contributed by atoms with van der Waals surface area (Å²) in [5, 5.41) is 0. The van der Waals surface area contributed by atoms with Crippen molar-refractivity contribution in [1.82, 2.24) is 0 Å². The molecule has 167 valence electrons. The first kappa shape index (κ1) is 23.4. The van der Waals surface area contributed by atoms with Gasteiger partial charge in [-0.3, -0.25) is 0 Å². The van der Waals surface area contributed by atoms with Crippen LogP contribution in [0.15, 0.2) is 0 Å². The van der Waals surface area contributed by atoms with Gasteiger partial charge >= 0.3 is 70.9 Å². The highest BCUT2D eigenvalue weighted by atomic mass is 28.6. The normalized spacial score (nSPS) is 58.7. The van der Waals surface area contributed by atoms with E-state index < -0.39 is 70.9 Å². The SMILES string of the molecule is CO[Si]1(C)O[Si]2(C)O[Si]3(C)O[Si](C)O[Si]4(C)O[Si](C)(O1)O[Si](C)(O2)O[Si](C)(O3)O4. The molecule has 4 aliphatic rings. The van der Waals surface area contributed by atoms with Gasteiger partial charge in [-0.15, -0.1) is 0 Å². The molecule has 0 N–H and O–H groups in total. The van der Waals surface area contributed by atoms with Crippen LogP contribution in [0.1, 0.15) is 0 Å². The fraction of sp³-hybridized carbons (Fsp3) is 1.00. The van der Waals surface area contributed by atoms with E-state index in [4.69, 9.17) is 49.7 Å². The Labute approximate surface area is 179 Å². The monoisotopic (exact) mass is 551 g/mol. The highest BCUT2D eigenvalue weighted by Gasteiger charge is 2.73. The standard InChI is InChI=1S/C9H27O12Si8/c1-10-23(3)13-26(6)15-24(4)11-22(2)12-25(5)16-27(7,14-23)20-29(9,19-26)21-28(8,17-24)18-25/h1-9H3. The van der Waals surface area contributed by atoms with Gasteiger partial charge in [-0.2, -0.15) is 0 Å². The summed E-state index contributed by atoms with van der Waals surface area (Å²) >= 11 is 0. The number of hydrogen-bond acceptors (Lipinski definition) is 12. The molecule has 29 heavy (non-hydrogen) atoms. The van der Waals surface area contributed by atoms with Crippen molar-refractivity contribution in [3.05, 3.63) is 0 Å². The maximum Gasteiger partial charge on any atom is 0.482 e. The molecule has 1 radical (unpaired) electrons. The molecule has 0 aliphatic carbocycles. The van der Waals surface area contributed by atoms with Crippen LogP contribution in [0.4, 0.5) is 0 Å². The highest BCUT2D eigenvalue weighted by Crippen LogP contribution is 2.43. The van der Waals surface area contributed by atoms with Crippen LogP contribution in [0.3, 0.4) is 0 Å². The Bertz CT molecular complexity index is 654. The minimum absolute atomic E-state index is 1.51. The van der Waals surface area contributed by atoms with Gasteiger partial charge < -0.3 is 49.7 Å². The molecule has 0 aromatic heterocycles. The van der Waals surface area contributed by atoms with E-state index in [0.717, 1.165) is 0 Å². The third-order valence-electron chi connectivity index (χ3n) is 4.37. The van der Waals surface area contributed by atoms with Crippen molar-refractivity contribution in [2.75, 3.05) is 7.11 Å². The van der Waals surface area contributed by atoms with Crippen LogP contribution in [0.25, 0.3) is 0 Å². The molecule has 4 rings (SSSR count). The summed E-state index contributed by atoms with van der Waals surface area (Å²) in [6.45, 7) is 14.1. The van der Waals surface area contributed by atoms with Crippen molar-refractivity contribution in [2.45, 2.75) is 52.4 Å². The number of rotatable bonds is 1. The second-order valence-electron chi connectivity index (χ2n) is 7.85. The molecule has 0 saturated carbocycles. The van der Waals surface area contributed by atoms with E-state index in [2.05, 4.69) is 0 Å². The number of hydrogen-bond donors (Lipinski definition) is 0. The molecule has 4 unspecified atom stereocenters. The van der Waals surface area contributed by atoms with Gasteiger partial charge in [0.15, 0.2) is 0 Å². The summed E-state index contributed by atoms with van der Waals surface area (Å²) < 4.78 is 75.8. The fourth-order valence-electron chi connectivity index (χ4n) is 4.05. The molecular weight excluding hydrogens is 525 g/mol. The lowest BCUT2D eigenvalue weighted by Gasteiger charge is -2.56. The lowest BCUT2D eigenvalue weighted by atomic mass is 11.8. The van der Waals surface area contributed by atoms with Crippen LogP contribution in [-0.4, -0.2) is 78.0 Å². The van der Waals surface area contributed by atoms with Crippen LogP contribution in [0.5, 0.6) is 0 Å². The first-order valence-corrected chi connectivity index (χ1v) is 26.5. The molecule has 20 heteroatoms. The quantitative estimate of drug-likeness (QED) is 0.433. The van der Waals surface area contributed by atoms with Gasteiger partial charge in [0.1, 0.15) is 0 Å². The van der Waals surface area contributed by atoms with Crippen molar-refractivity contribution < 1.29 is 49.7 Å². The fourth-order valence-corrected chi connectivity index (χ4v) is 44.0. The summed E-state index contributed by atoms with van der Waals surface area (Å²) in [7, 11) is -24.1. The maximum atomic E-state index is 6.43. The van der Waals surface area contributed by atoms with Crippen molar-refractivity contribution in [2.24, 2.45) is 0 Å². The molecule has 4 aliphatic heterocycles. The zero-order chi connectivity index (χ0) is 21.6. The topological polar surface area (TPSA) is 111 Å². The smallest absolute Gasteiger partial charge is 0.394 e.